The zero-order chi connectivity index (χ0) is 18.5. The highest BCUT2D eigenvalue weighted by molar-refractivity contribution is 7.98. The van der Waals surface area contributed by atoms with E-state index in [4.69, 9.17) is 4.42 Å². The van der Waals surface area contributed by atoms with Gasteiger partial charge in [-0.1, -0.05) is 30.0 Å². The molecule has 0 fully saturated rings. The van der Waals surface area contributed by atoms with Gasteiger partial charge in [-0.2, -0.15) is 8.78 Å². The minimum Gasteiger partial charge on any atom is -0.435 e. The Bertz CT molecular complexity index is 903. The molecule has 0 aliphatic rings. The zero-order valence-electron chi connectivity index (χ0n) is 13.0. The molecule has 0 atom stereocenters. The highest BCUT2D eigenvalue weighted by atomic mass is 32.2. The molecule has 3 aromatic rings. The van der Waals surface area contributed by atoms with Gasteiger partial charge in [-0.25, -0.2) is 0 Å². The second-order valence-corrected chi connectivity index (χ2v) is 5.88. The van der Waals surface area contributed by atoms with Crippen LogP contribution in [0.5, 0.6) is 5.75 Å². The Kier molecular flexibility index (Phi) is 5.42. The van der Waals surface area contributed by atoms with E-state index in [1.165, 1.54) is 30.3 Å². The SMILES string of the molecule is O=[N+]([O-])c1ccccc1CSc1nnc(-c2ccc(OC(F)F)cc2)o1. The number of benzene rings is 2. The minimum absolute atomic E-state index is 0.0225. The van der Waals surface area contributed by atoms with Crippen LogP contribution in [0.25, 0.3) is 11.5 Å². The summed E-state index contributed by atoms with van der Waals surface area (Å²) in [6, 6.07) is 12.2. The number of thioether (sulfide) groups is 1. The fourth-order valence-electron chi connectivity index (χ4n) is 2.11. The van der Waals surface area contributed by atoms with Gasteiger partial charge in [0.05, 0.1) is 4.92 Å². The van der Waals surface area contributed by atoms with Crippen molar-refractivity contribution >= 4 is 17.4 Å². The smallest absolute Gasteiger partial charge is 0.387 e. The van der Waals surface area contributed by atoms with E-state index >= 15 is 0 Å². The van der Waals surface area contributed by atoms with Crippen molar-refractivity contribution in [1.29, 1.82) is 0 Å². The summed E-state index contributed by atoms with van der Waals surface area (Å²) >= 11 is 1.16. The zero-order valence-corrected chi connectivity index (χ0v) is 13.9. The Morgan fingerprint density at radius 3 is 2.58 bits per heavy atom. The lowest BCUT2D eigenvalue weighted by Crippen LogP contribution is -2.01. The lowest BCUT2D eigenvalue weighted by molar-refractivity contribution is -0.385. The van der Waals surface area contributed by atoms with Crippen molar-refractivity contribution in [2.45, 2.75) is 17.6 Å². The van der Waals surface area contributed by atoms with Gasteiger partial charge in [-0.3, -0.25) is 10.1 Å². The average Bonchev–Trinajstić information content (AvgIpc) is 3.09. The molecule has 10 heteroatoms. The Balaban J connectivity index is 1.68. The van der Waals surface area contributed by atoms with Crippen LogP contribution in [-0.2, 0) is 5.75 Å². The number of nitrogens with zero attached hydrogens (tertiary/aromatic N) is 3. The lowest BCUT2D eigenvalue weighted by atomic mass is 10.2. The molecule has 1 aromatic heterocycles. The van der Waals surface area contributed by atoms with E-state index in [0.29, 0.717) is 16.9 Å². The highest BCUT2D eigenvalue weighted by Gasteiger charge is 2.15. The molecule has 2 aromatic carbocycles. The number of alkyl halides is 2. The van der Waals surface area contributed by atoms with Crippen LogP contribution < -0.4 is 4.74 Å². The first-order valence-electron chi connectivity index (χ1n) is 7.27. The van der Waals surface area contributed by atoms with E-state index in [2.05, 4.69) is 14.9 Å². The molecule has 0 aliphatic heterocycles. The number of ether oxygens (including phenoxy) is 1. The quantitative estimate of drug-likeness (QED) is 0.338. The van der Waals surface area contributed by atoms with Crippen LogP contribution in [0.4, 0.5) is 14.5 Å². The summed E-state index contributed by atoms with van der Waals surface area (Å²) in [4.78, 5) is 10.6. The number of para-hydroxylation sites is 1. The van der Waals surface area contributed by atoms with Crippen LogP contribution in [0, 0.1) is 10.1 Å². The summed E-state index contributed by atoms with van der Waals surface area (Å²) in [5.74, 6) is 0.521. The number of nitro groups is 1. The van der Waals surface area contributed by atoms with Crippen molar-refractivity contribution in [3.63, 3.8) is 0 Å². The number of rotatable bonds is 7. The Labute approximate surface area is 150 Å². The predicted molar refractivity (Wildman–Crippen MR) is 89.0 cm³/mol. The van der Waals surface area contributed by atoms with Crippen LogP contribution in [0.3, 0.4) is 0 Å². The maximum atomic E-state index is 12.1. The molecule has 0 saturated heterocycles. The molecule has 0 amide bonds. The Morgan fingerprint density at radius 2 is 1.88 bits per heavy atom. The van der Waals surface area contributed by atoms with E-state index < -0.39 is 11.5 Å². The standard InChI is InChI=1S/C16H11F2N3O4S/c17-15(18)24-12-7-5-10(6-8-12)14-19-20-16(25-14)26-9-11-3-1-2-4-13(11)21(22)23/h1-8,15H,9H2. The molecule has 0 aliphatic carbocycles. The van der Waals surface area contributed by atoms with E-state index in [1.54, 1.807) is 18.2 Å². The third-order valence-corrected chi connectivity index (χ3v) is 4.14. The molecule has 0 saturated carbocycles. The van der Waals surface area contributed by atoms with E-state index in [9.17, 15) is 18.9 Å². The van der Waals surface area contributed by atoms with Gasteiger partial charge in [0, 0.05) is 22.9 Å². The maximum absolute atomic E-state index is 12.1. The monoisotopic (exact) mass is 379 g/mol. The number of hydrogen-bond acceptors (Lipinski definition) is 7. The Morgan fingerprint density at radius 1 is 1.15 bits per heavy atom. The number of aromatic nitrogens is 2. The van der Waals surface area contributed by atoms with E-state index in [-0.39, 0.29) is 22.6 Å². The number of hydrogen-bond donors (Lipinski definition) is 0. The maximum Gasteiger partial charge on any atom is 0.387 e. The molecular weight excluding hydrogens is 368 g/mol. The topological polar surface area (TPSA) is 91.3 Å². The first-order valence-corrected chi connectivity index (χ1v) is 8.25. The third-order valence-electron chi connectivity index (χ3n) is 3.27. The van der Waals surface area contributed by atoms with E-state index in [1.807, 2.05) is 0 Å². The molecular formula is C16H11F2N3O4S. The minimum atomic E-state index is -2.89. The molecule has 26 heavy (non-hydrogen) atoms. The van der Waals surface area contributed by atoms with Gasteiger partial charge in [-0.05, 0) is 24.3 Å². The summed E-state index contributed by atoms with van der Waals surface area (Å²) in [7, 11) is 0. The van der Waals surface area contributed by atoms with Gasteiger partial charge in [-0.15, -0.1) is 10.2 Å². The molecule has 0 bridgehead atoms. The summed E-state index contributed by atoms with van der Waals surface area (Å²) < 4.78 is 34.0. The molecule has 0 N–H and O–H groups in total. The first kappa shape index (κ1) is 17.8. The van der Waals surface area contributed by atoms with Crippen molar-refractivity contribution in [3.05, 3.63) is 64.2 Å². The fraction of sp³-hybridized carbons (Fsp3) is 0.125. The Hall–Kier alpha value is -3.01. The largest absolute Gasteiger partial charge is 0.435 e. The molecule has 134 valence electrons. The van der Waals surface area contributed by atoms with E-state index in [0.717, 1.165) is 11.8 Å². The number of halogens is 2. The van der Waals surface area contributed by atoms with Crippen LogP contribution >= 0.6 is 11.8 Å². The summed E-state index contributed by atoms with van der Waals surface area (Å²) in [6.07, 6.45) is 0. The van der Waals surface area contributed by atoms with Gasteiger partial charge < -0.3 is 9.15 Å². The lowest BCUT2D eigenvalue weighted by Gasteiger charge is -2.03. The van der Waals surface area contributed by atoms with Gasteiger partial charge in [0.25, 0.3) is 10.9 Å². The second kappa shape index (κ2) is 7.91. The van der Waals surface area contributed by atoms with Gasteiger partial charge in [0.15, 0.2) is 0 Å². The first-order chi connectivity index (χ1) is 12.5. The molecule has 0 radical (unpaired) electrons. The van der Waals surface area contributed by atoms with Gasteiger partial charge >= 0.3 is 6.61 Å². The van der Waals surface area contributed by atoms with Crippen LogP contribution in [0.15, 0.2) is 58.2 Å². The van der Waals surface area contributed by atoms with Gasteiger partial charge in [0.2, 0.25) is 5.89 Å². The molecule has 7 nitrogen and oxygen atoms in total. The van der Waals surface area contributed by atoms with Crippen LogP contribution in [0.2, 0.25) is 0 Å². The van der Waals surface area contributed by atoms with Crippen molar-refractivity contribution in [2.24, 2.45) is 0 Å². The fourth-order valence-corrected chi connectivity index (χ4v) is 2.87. The van der Waals surface area contributed by atoms with Crippen molar-refractivity contribution in [1.82, 2.24) is 10.2 Å². The second-order valence-electron chi connectivity index (χ2n) is 4.95. The number of nitro benzene ring substituents is 1. The average molecular weight is 379 g/mol. The summed E-state index contributed by atoms with van der Waals surface area (Å²) in [5, 5.41) is 19.0. The van der Waals surface area contributed by atoms with Crippen molar-refractivity contribution in [3.8, 4) is 17.2 Å². The molecule has 3 rings (SSSR count). The summed E-state index contributed by atoms with van der Waals surface area (Å²) in [5.41, 5.74) is 1.10. The third kappa shape index (κ3) is 4.33. The highest BCUT2D eigenvalue weighted by Crippen LogP contribution is 2.29. The van der Waals surface area contributed by atoms with Crippen molar-refractivity contribution < 1.29 is 22.9 Å². The molecule has 0 unspecified atom stereocenters. The van der Waals surface area contributed by atoms with Crippen LogP contribution in [-0.4, -0.2) is 21.7 Å². The molecule has 0 spiro atoms. The van der Waals surface area contributed by atoms with Gasteiger partial charge in [0.1, 0.15) is 5.75 Å². The van der Waals surface area contributed by atoms with Crippen LogP contribution in [0.1, 0.15) is 5.56 Å². The normalized spacial score (nSPS) is 10.9. The molecule has 1 heterocycles. The summed E-state index contributed by atoms with van der Waals surface area (Å²) in [6.45, 7) is -2.89. The predicted octanol–water partition coefficient (Wildman–Crippen LogP) is 4.54. The van der Waals surface area contributed by atoms with Crippen molar-refractivity contribution in [2.75, 3.05) is 0 Å².